The van der Waals surface area contributed by atoms with Crippen molar-refractivity contribution < 1.29 is 13.3 Å². The molecule has 3 aromatic rings. The average molecular weight is 408 g/mol. The van der Waals surface area contributed by atoms with Gasteiger partial charge in [-0.25, -0.2) is 8.78 Å². The Morgan fingerprint density at radius 2 is 2.00 bits per heavy atom. The van der Waals surface area contributed by atoms with Crippen molar-refractivity contribution in [3.05, 3.63) is 58.9 Å². The average Bonchev–Trinajstić information content (AvgIpc) is 3.12. The Morgan fingerprint density at radius 1 is 1.27 bits per heavy atom. The highest BCUT2D eigenvalue weighted by Crippen LogP contribution is 2.46. The minimum Gasteiger partial charge on any atom is -0.339 e. The summed E-state index contributed by atoms with van der Waals surface area (Å²) in [5.74, 6) is 2.96. The molecule has 154 valence electrons. The molecule has 1 aromatic carbocycles. The van der Waals surface area contributed by atoms with Crippen molar-refractivity contribution in [1.29, 1.82) is 0 Å². The Morgan fingerprint density at radius 3 is 2.60 bits per heavy atom. The standard InChI is InChI=1S/C23H22F2N4O/c1-5-23(12-20-26-14(4)29-30-20)10-9-15(13(2)3)16-11-19(27-28-22(16)23)21-17(24)7-6-8-18(21)25/h1,6-8,11,13,15H,9-10,12H2,2-4H3/t15-,23-/m1/s1. The second-order valence-corrected chi connectivity index (χ2v) is 8.16. The van der Waals surface area contributed by atoms with Gasteiger partial charge in [0.15, 0.2) is 5.82 Å². The van der Waals surface area contributed by atoms with Gasteiger partial charge in [0.05, 0.1) is 22.4 Å². The summed E-state index contributed by atoms with van der Waals surface area (Å²) in [6, 6.07) is 5.48. The fourth-order valence-electron chi connectivity index (χ4n) is 4.33. The highest BCUT2D eigenvalue weighted by molar-refractivity contribution is 5.62. The van der Waals surface area contributed by atoms with Gasteiger partial charge in [0.25, 0.3) is 0 Å². The lowest BCUT2D eigenvalue weighted by atomic mass is 9.65. The molecule has 0 aliphatic heterocycles. The SMILES string of the molecule is C#C[C@]1(Cc2nc(C)no2)CC[C@H](C(C)C)c2cc(-c3c(F)cccc3F)nnc21. The Bertz CT molecular complexity index is 1110. The fourth-order valence-corrected chi connectivity index (χ4v) is 4.33. The highest BCUT2D eigenvalue weighted by Gasteiger charge is 2.43. The molecular weight excluding hydrogens is 386 g/mol. The third kappa shape index (κ3) is 3.36. The van der Waals surface area contributed by atoms with Crippen LogP contribution < -0.4 is 0 Å². The Kier molecular flexibility index (Phi) is 5.10. The van der Waals surface area contributed by atoms with Gasteiger partial charge in [-0.1, -0.05) is 31.0 Å². The fraction of sp³-hybridized carbons (Fsp3) is 0.391. The van der Waals surface area contributed by atoms with E-state index in [1.54, 1.807) is 13.0 Å². The summed E-state index contributed by atoms with van der Waals surface area (Å²) >= 11 is 0. The van der Waals surface area contributed by atoms with Gasteiger partial charge in [0, 0.05) is 6.42 Å². The summed E-state index contributed by atoms with van der Waals surface area (Å²) in [7, 11) is 0. The van der Waals surface area contributed by atoms with Crippen molar-refractivity contribution >= 4 is 0 Å². The van der Waals surface area contributed by atoms with Crippen molar-refractivity contribution in [2.24, 2.45) is 5.92 Å². The van der Waals surface area contributed by atoms with Gasteiger partial charge in [0.1, 0.15) is 11.6 Å². The predicted octanol–water partition coefficient (Wildman–Crippen LogP) is 4.76. The van der Waals surface area contributed by atoms with Gasteiger partial charge in [-0.3, -0.25) is 0 Å². The number of aromatic nitrogens is 4. The first kappa shape index (κ1) is 20.1. The molecule has 2 atom stereocenters. The van der Waals surface area contributed by atoms with Crippen molar-refractivity contribution in [3.8, 4) is 23.6 Å². The van der Waals surface area contributed by atoms with Crippen molar-refractivity contribution in [3.63, 3.8) is 0 Å². The normalized spacial score (nSPS) is 20.8. The van der Waals surface area contributed by atoms with E-state index in [1.165, 1.54) is 18.2 Å². The first-order chi connectivity index (χ1) is 14.3. The van der Waals surface area contributed by atoms with Crippen molar-refractivity contribution in [1.82, 2.24) is 20.3 Å². The predicted molar refractivity (Wildman–Crippen MR) is 107 cm³/mol. The van der Waals surface area contributed by atoms with E-state index in [2.05, 4.69) is 40.1 Å². The Balaban J connectivity index is 1.87. The molecular formula is C23H22F2N4O. The van der Waals surface area contributed by atoms with Crippen LogP contribution >= 0.6 is 0 Å². The van der Waals surface area contributed by atoms with Crippen molar-refractivity contribution in [2.45, 2.75) is 51.4 Å². The zero-order valence-electron chi connectivity index (χ0n) is 17.1. The number of aryl methyl sites for hydroxylation is 1. The third-order valence-electron chi connectivity index (χ3n) is 5.88. The van der Waals surface area contributed by atoms with E-state index in [9.17, 15) is 8.78 Å². The van der Waals surface area contributed by atoms with Crippen LogP contribution in [0.4, 0.5) is 8.78 Å². The Labute approximate surface area is 173 Å². The van der Waals surface area contributed by atoms with E-state index in [4.69, 9.17) is 10.9 Å². The lowest BCUT2D eigenvalue weighted by Gasteiger charge is -2.38. The number of fused-ring (bicyclic) bond motifs is 1. The molecule has 2 aromatic heterocycles. The van der Waals surface area contributed by atoms with Gasteiger partial charge < -0.3 is 4.52 Å². The molecule has 1 aliphatic carbocycles. The van der Waals surface area contributed by atoms with E-state index in [1.807, 2.05) is 0 Å². The lowest BCUT2D eigenvalue weighted by Crippen LogP contribution is -2.36. The van der Waals surface area contributed by atoms with E-state index in [-0.39, 0.29) is 17.2 Å². The molecule has 30 heavy (non-hydrogen) atoms. The van der Waals surface area contributed by atoms with Crippen LogP contribution in [0.2, 0.25) is 0 Å². The van der Waals surface area contributed by atoms with Crippen LogP contribution in [0.3, 0.4) is 0 Å². The Hall–Kier alpha value is -3.14. The number of rotatable bonds is 4. The summed E-state index contributed by atoms with van der Waals surface area (Å²) in [6.45, 7) is 5.97. The van der Waals surface area contributed by atoms with Crippen molar-refractivity contribution in [2.75, 3.05) is 0 Å². The molecule has 2 heterocycles. The molecule has 0 fully saturated rings. The summed E-state index contributed by atoms with van der Waals surface area (Å²) < 4.78 is 34.0. The lowest BCUT2D eigenvalue weighted by molar-refractivity contribution is 0.308. The summed E-state index contributed by atoms with van der Waals surface area (Å²) in [4.78, 5) is 4.29. The molecule has 5 nitrogen and oxygen atoms in total. The second kappa shape index (κ2) is 7.60. The molecule has 0 bridgehead atoms. The molecule has 7 heteroatoms. The molecule has 1 aliphatic rings. The number of nitrogens with zero attached hydrogens (tertiary/aromatic N) is 4. The van der Waals surface area contributed by atoms with Gasteiger partial charge >= 0.3 is 0 Å². The summed E-state index contributed by atoms with van der Waals surface area (Å²) in [5.41, 5.74) is 0.736. The van der Waals surface area contributed by atoms with Crippen LogP contribution in [0.15, 0.2) is 28.8 Å². The van der Waals surface area contributed by atoms with Crippen LogP contribution in [-0.4, -0.2) is 20.3 Å². The molecule has 0 spiro atoms. The van der Waals surface area contributed by atoms with Crippen LogP contribution in [-0.2, 0) is 11.8 Å². The van der Waals surface area contributed by atoms with E-state index < -0.39 is 17.0 Å². The molecule has 0 radical (unpaired) electrons. The summed E-state index contributed by atoms with van der Waals surface area (Å²) in [6.07, 6.45) is 7.83. The zero-order chi connectivity index (χ0) is 21.5. The monoisotopic (exact) mass is 408 g/mol. The number of terminal acetylenes is 1. The maximum absolute atomic E-state index is 14.4. The first-order valence-corrected chi connectivity index (χ1v) is 9.94. The minimum absolute atomic E-state index is 0.148. The molecule has 0 unspecified atom stereocenters. The van der Waals surface area contributed by atoms with Crippen LogP contribution in [0, 0.1) is 36.8 Å². The smallest absolute Gasteiger partial charge is 0.228 e. The summed E-state index contributed by atoms with van der Waals surface area (Å²) in [5, 5.41) is 12.4. The number of hydrogen-bond acceptors (Lipinski definition) is 5. The quantitative estimate of drug-likeness (QED) is 0.583. The van der Waals surface area contributed by atoms with E-state index >= 15 is 0 Å². The van der Waals surface area contributed by atoms with Gasteiger partial charge in [-0.05, 0) is 55.4 Å². The maximum Gasteiger partial charge on any atom is 0.228 e. The molecule has 0 amide bonds. The van der Waals surface area contributed by atoms with Gasteiger partial charge in [0.2, 0.25) is 5.89 Å². The topological polar surface area (TPSA) is 64.7 Å². The zero-order valence-corrected chi connectivity index (χ0v) is 17.1. The molecule has 0 saturated heterocycles. The number of halogens is 2. The van der Waals surface area contributed by atoms with E-state index in [0.717, 1.165) is 12.0 Å². The number of hydrogen-bond donors (Lipinski definition) is 0. The molecule has 4 rings (SSSR count). The third-order valence-corrected chi connectivity index (χ3v) is 5.88. The number of benzene rings is 1. The van der Waals surface area contributed by atoms with Crippen LogP contribution in [0.1, 0.15) is 55.6 Å². The van der Waals surface area contributed by atoms with Gasteiger partial charge in [-0.15, -0.1) is 11.5 Å². The maximum atomic E-state index is 14.4. The largest absolute Gasteiger partial charge is 0.339 e. The first-order valence-electron chi connectivity index (χ1n) is 9.94. The minimum atomic E-state index is -0.765. The van der Waals surface area contributed by atoms with Gasteiger partial charge in [-0.2, -0.15) is 10.1 Å². The van der Waals surface area contributed by atoms with E-state index in [0.29, 0.717) is 36.2 Å². The van der Waals surface area contributed by atoms with Crippen LogP contribution in [0.5, 0.6) is 0 Å². The second-order valence-electron chi connectivity index (χ2n) is 8.16. The molecule has 0 N–H and O–H groups in total. The molecule has 0 saturated carbocycles. The van der Waals surface area contributed by atoms with Crippen LogP contribution in [0.25, 0.3) is 11.3 Å². The highest BCUT2D eigenvalue weighted by atomic mass is 19.1.